The smallest absolute Gasteiger partial charge is 0.136 e. The molecule has 0 unspecified atom stereocenters. The van der Waals surface area contributed by atoms with E-state index in [-0.39, 0.29) is 6.10 Å². The zero-order valence-corrected chi connectivity index (χ0v) is 14.7. The van der Waals surface area contributed by atoms with E-state index in [0.29, 0.717) is 18.6 Å². The highest BCUT2D eigenvalue weighted by Crippen LogP contribution is 2.35. The van der Waals surface area contributed by atoms with E-state index < -0.39 is 0 Å². The largest absolute Gasteiger partial charge is 0.490 e. The summed E-state index contributed by atoms with van der Waals surface area (Å²) in [4.78, 5) is 0. The molecule has 1 aliphatic carbocycles. The van der Waals surface area contributed by atoms with Crippen LogP contribution >= 0.6 is 15.9 Å². The van der Waals surface area contributed by atoms with Crippen molar-refractivity contribution in [3.63, 3.8) is 0 Å². The lowest BCUT2D eigenvalue weighted by Gasteiger charge is -2.27. The average Bonchev–Trinajstić information content (AvgIpc) is 2.90. The second-order valence-electron chi connectivity index (χ2n) is 6.47. The van der Waals surface area contributed by atoms with Crippen LogP contribution in [0.4, 0.5) is 0 Å². The molecule has 0 bridgehead atoms. The van der Waals surface area contributed by atoms with Crippen molar-refractivity contribution in [2.75, 3.05) is 6.61 Å². The van der Waals surface area contributed by atoms with Gasteiger partial charge in [0.1, 0.15) is 5.75 Å². The van der Waals surface area contributed by atoms with Crippen molar-refractivity contribution in [3.8, 4) is 5.75 Å². The van der Waals surface area contributed by atoms with Gasteiger partial charge in [-0.05, 0) is 67.4 Å². The third-order valence-corrected chi connectivity index (χ3v) is 5.01. The average molecular weight is 367 g/mol. The lowest BCUT2D eigenvalue weighted by Crippen LogP contribution is -2.20. The summed E-state index contributed by atoms with van der Waals surface area (Å²) in [6.07, 6.45) is 6.63. The van der Waals surface area contributed by atoms with Gasteiger partial charge in [-0.2, -0.15) is 5.10 Å². The topological polar surface area (TPSA) is 47.3 Å². The summed E-state index contributed by atoms with van der Waals surface area (Å²) >= 11 is 3.58. The highest BCUT2D eigenvalue weighted by molar-refractivity contribution is 9.10. The standard InChI is InChI=1S/C17H23BrN2O2/c1-11(2)22-17-8-16-13(7-15(17)18)9-20(19-16)14-5-3-12(10-21)4-6-14/h7-9,11-12,14,21H,3-6,10H2,1-2H3/t12-,14-. The molecule has 120 valence electrons. The molecule has 0 spiro atoms. The first-order valence-electron chi connectivity index (χ1n) is 8.02. The van der Waals surface area contributed by atoms with Gasteiger partial charge < -0.3 is 9.84 Å². The van der Waals surface area contributed by atoms with Crippen molar-refractivity contribution in [1.82, 2.24) is 9.78 Å². The van der Waals surface area contributed by atoms with Crippen LogP contribution in [0.1, 0.15) is 45.6 Å². The Morgan fingerprint density at radius 3 is 2.68 bits per heavy atom. The molecule has 4 nitrogen and oxygen atoms in total. The Bertz CT molecular complexity index is 645. The van der Waals surface area contributed by atoms with Crippen LogP contribution in [0.2, 0.25) is 0 Å². The number of halogens is 1. The minimum atomic E-state index is 0.143. The summed E-state index contributed by atoms with van der Waals surface area (Å²) in [7, 11) is 0. The van der Waals surface area contributed by atoms with Crippen LogP contribution in [-0.4, -0.2) is 27.6 Å². The lowest BCUT2D eigenvalue weighted by molar-refractivity contribution is 0.165. The molecule has 22 heavy (non-hydrogen) atoms. The second-order valence-corrected chi connectivity index (χ2v) is 7.33. The number of hydrogen-bond acceptors (Lipinski definition) is 3. The zero-order valence-electron chi connectivity index (χ0n) is 13.1. The number of nitrogens with zero attached hydrogens (tertiary/aromatic N) is 2. The Morgan fingerprint density at radius 2 is 2.05 bits per heavy atom. The van der Waals surface area contributed by atoms with Gasteiger partial charge in [-0.3, -0.25) is 4.68 Å². The van der Waals surface area contributed by atoms with Crippen LogP contribution in [0.5, 0.6) is 5.75 Å². The minimum Gasteiger partial charge on any atom is -0.490 e. The number of benzene rings is 1. The molecule has 0 aliphatic heterocycles. The van der Waals surface area contributed by atoms with Crippen molar-refractivity contribution >= 4 is 26.8 Å². The number of aliphatic hydroxyl groups excluding tert-OH is 1. The molecule has 1 heterocycles. The van der Waals surface area contributed by atoms with Gasteiger partial charge in [0.15, 0.2) is 0 Å². The van der Waals surface area contributed by atoms with Gasteiger partial charge in [-0.1, -0.05) is 0 Å². The Morgan fingerprint density at radius 1 is 1.32 bits per heavy atom. The van der Waals surface area contributed by atoms with Gasteiger partial charge in [0.25, 0.3) is 0 Å². The molecule has 1 aliphatic rings. The summed E-state index contributed by atoms with van der Waals surface area (Å²) in [5.41, 5.74) is 0.975. The molecule has 1 fully saturated rings. The normalized spacial score (nSPS) is 22.4. The molecule has 1 aromatic heterocycles. The number of fused-ring (bicyclic) bond motifs is 1. The molecule has 0 saturated heterocycles. The number of aliphatic hydroxyl groups is 1. The molecule has 1 aromatic carbocycles. The van der Waals surface area contributed by atoms with Gasteiger partial charge in [-0.15, -0.1) is 0 Å². The van der Waals surface area contributed by atoms with Crippen LogP contribution in [-0.2, 0) is 0 Å². The SMILES string of the molecule is CC(C)Oc1cc2nn([C@H]3CC[C@H](CO)CC3)cc2cc1Br. The van der Waals surface area contributed by atoms with Crippen molar-refractivity contribution in [2.45, 2.75) is 51.7 Å². The van der Waals surface area contributed by atoms with Crippen molar-refractivity contribution in [1.29, 1.82) is 0 Å². The fraction of sp³-hybridized carbons (Fsp3) is 0.588. The fourth-order valence-electron chi connectivity index (χ4n) is 3.17. The molecule has 0 atom stereocenters. The molecule has 5 heteroatoms. The van der Waals surface area contributed by atoms with E-state index in [0.717, 1.165) is 46.8 Å². The van der Waals surface area contributed by atoms with Crippen molar-refractivity contribution < 1.29 is 9.84 Å². The highest BCUT2D eigenvalue weighted by atomic mass is 79.9. The van der Waals surface area contributed by atoms with Crippen LogP contribution in [0.15, 0.2) is 22.8 Å². The van der Waals surface area contributed by atoms with Crippen LogP contribution < -0.4 is 4.74 Å². The maximum Gasteiger partial charge on any atom is 0.136 e. The van der Waals surface area contributed by atoms with Crippen molar-refractivity contribution in [3.05, 3.63) is 22.8 Å². The summed E-state index contributed by atoms with van der Waals surface area (Å²) in [5, 5.41) is 15.1. The molecule has 1 N–H and O–H groups in total. The number of ether oxygens (including phenoxy) is 1. The molecular weight excluding hydrogens is 344 g/mol. The Kier molecular flexibility index (Phi) is 4.73. The van der Waals surface area contributed by atoms with Gasteiger partial charge >= 0.3 is 0 Å². The quantitative estimate of drug-likeness (QED) is 0.876. The van der Waals surface area contributed by atoms with Gasteiger partial charge in [-0.25, -0.2) is 0 Å². The fourth-order valence-corrected chi connectivity index (χ4v) is 3.62. The third kappa shape index (κ3) is 3.30. The van der Waals surface area contributed by atoms with Crippen LogP contribution in [0, 0.1) is 5.92 Å². The molecule has 0 amide bonds. The van der Waals surface area contributed by atoms with Crippen LogP contribution in [0.25, 0.3) is 10.9 Å². The predicted octanol–water partition coefficient (Wildman–Crippen LogP) is 4.31. The van der Waals surface area contributed by atoms with E-state index in [2.05, 4.69) is 32.9 Å². The van der Waals surface area contributed by atoms with E-state index >= 15 is 0 Å². The second kappa shape index (κ2) is 6.59. The maximum absolute atomic E-state index is 9.25. The van der Waals surface area contributed by atoms with E-state index in [1.165, 1.54) is 0 Å². The Hall–Kier alpha value is -1.07. The predicted molar refractivity (Wildman–Crippen MR) is 91.3 cm³/mol. The summed E-state index contributed by atoms with van der Waals surface area (Å²) < 4.78 is 8.88. The zero-order chi connectivity index (χ0) is 15.7. The number of hydrogen-bond donors (Lipinski definition) is 1. The van der Waals surface area contributed by atoms with E-state index in [4.69, 9.17) is 9.84 Å². The molecule has 2 aromatic rings. The van der Waals surface area contributed by atoms with E-state index in [1.807, 2.05) is 19.9 Å². The maximum atomic E-state index is 9.25. The highest BCUT2D eigenvalue weighted by Gasteiger charge is 2.22. The molecule has 1 saturated carbocycles. The van der Waals surface area contributed by atoms with Crippen molar-refractivity contribution in [2.24, 2.45) is 5.92 Å². The minimum absolute atomic E-state index is 0.143. The van der Waals surface area contributed by atoms with E-state index in [9.17, 15) is 5.11 Å². The summed E-state index contributed by atoms with van der Waals surface area (Å²) in [5.74, 6) is 1.32. The number of aromatic nitrogens is 2. The monoisotopic (exact) mass is 366 g/mol. The van der Waals surface area contributed by atoms with Crippen LogP contribution in [0.3, 0.4) is 0 Å². The number of rotatable bonds is 4. The summed E-state index contributed by atoms with van der Waals surface area (Å²) in [6.45, 7) is 4.36. The first-order valence-corrected chi connectivity index (χ1v) is 8.82. The molecule has 3 rings (SSSR count). The third-order valence-electron chi connectivity index (χ3n) is 4.39. The van der Waals surface area contributed by atoms with Gasteiger partial charge in [0.05, 0.1) is 22.1 Å². The first-order chi connectivity index (χ1) is 10.6. The van der Waals surface area contributed by atoms with E-state index in [1.54, 1.807) is 0 Å². The van der Waals surface area contributed by atoms with Gasteiger partial charge in [0.2, 0.25) is 0 Å². The molecular formula is C17H23BrN2O2. The van der Waals surface area contributed by atoms with Gasteiger partial charge in [0, 0.05) is 24.3 Å². The molecule has 0 radical (unpaired) electrons. The lowest BCUT2D eigenvalue weighted by atomic mass is 9.87. The Balaban J connectivity index is 1.84. The Labute approximate surface area is 139 Å². The summed E-state index contributed by atoms with van der Waals surface area (Å²) in [6, 6.07) is 4.54. The first kappa shape index (κ1) is 15.8.